The van der Waals surface area contributed by atoms with Crippen molar-refractivity contribution >= 4 is 23.2 Å². The van der Waals surface area contributed by atoms with Gasteiger partial charge in [-0.05, 0) is 12.5 Å². The summed E-state index contributed by atoms with van der Waals surface area (Å²) in [4.78, 5) is 3.95. The van der Waals surface area contributed by atoms with Gasteiger partial charge < -0.3 is 5.11 Å². The van der Waals surface area contributed by atoms with E-state index in [4.69, 9.17) is 29.6 Å². The number of aromatic nitrogens is 1. The lowest BCUT2D eigenvalue weighted by molar-refractivity contribution is 0.165. The smallest absolute Gasteiger partial charge is 0.0984 e. The molecule has 0 spiro atoms. The molecule has 4 heteroatoms. The minimum Gasteiger partial charge on any atom is -0.387 e. The maximum Gasteiger partial charge on any atom is 0.0984 e. The van der Waals surface area contributed by atoms with E-state index < -0.39 is 6.10 Å². The number of aliphatic hydroxyl groups excluding tert-OH is 1. The molecule has 1 aromatic heterocycles. The van der Waals surface area contributed by atoms with Crippen LogP contribution in [-0.2, 0) is 0 Å². The van der Waals surface area contributed by atoms with E-state index in [9.17, 15) is 5.11 Å². The fraction of sp³-hybridized carbons (Fsp3) is 0.300. The van der Waals surface area contributed by atoms with Crippen LogP contribution in [0.2, 0.25) is 10.0 Å². The molecular formula is C10H9Cl2NO. The average Bonchev–Trinajstić information content (AvgIpc) is 2.14. The highest BCUT2D eigenvalue weighted by molar-refractivity contribution is 6.34. The van der Waals surface area contributed by atoms with Crippen LogP contribution in [0.4, 0.5) is 0 Å². The molecule has 1 atom stereocenters. The van der Waals surface area contributed by atoms with Crippen molar-refractivity contribution in [2.45, 2.75) is 18.9 Å². The second kappa shape index (κ2) is 5.21. The first-order valence-corrected chi connectivity index (χ1v) is 4.83. The van der Waals surface area contributed by atoms with E-state index in [1.54, 1.807) is 6.07 Å². The molecule has 0 saturated carbocycles. The summed E-state index contributed by atoms with van der Waals surface area (Å²) in [5.41, 5.74) is 0.423. The summed E-state index contributed by atoms with van der Waals surface area (Å²) in [5.74, 6) is 2.44. The molecule has 2 nitrogen and oxygen atoms in total. The molecule has 1 heterocycles. The third-order valence-electron chi connectivity index (χ3n) is 1.71. The van der Waals surface area contributed by atoms with Gasteiger partial charge in [0, 0.05) is 12.6 Å². The number of rotatable bonds is 3. The number of halogens is 2. The van der Waals surface area contributed by atoms with Gasteiger partial charge in [0.1, 0.15) is 0 Å². The molecule has 0 radical (unpaired) electrons. The highest BCUT2D eigenvalue weighted by atomic mass is 35.5. The van der Waals surface area contributed by atoms with Gasteiger partial charge in [-0.25, -0.2) is 0 Å². The molecule has 0 bridgehead atoms. The van der Waals surface area contributed by atoms with Crippen LogP contribution in [0.5, 0.6) is 0 Å². The van der Waals surface area contributed by atoms with Crippen molar-refractivity contribution in [2.24, 2.45) is 0 Å². The normalized spacial score (nSPS) is 12.1. The molecule has 1 rings (SSSR count). The van der Waals surface area contributed by atoms with Crippen molar-refractivity contribution in [3.05, 3.63) is 28.0 Å². The molecule has 14 heavy (non-hydrogen) atoms. The summed E-state index contributed by atoms with van der Waals surface area (Å²) in [7, 11) is 0. The van der Waals surface area contributed by atoms with Crippen LogP contribution in [0.1, 0.15) is 24.6 Å². The molecule has 0 fully saturated rings. The number of aliphatic hydroxyl groups is 1. The second-order valence-electron chi connectivity index (χ2n) is 2.78. The second-order valence-corrected chi connectivity index (χ2v) is 3.62. The molecule has 0 saturated heterocycles. The first kappa shape index (κ1) is 11.3. The Kier molecular flexibility index (Phi) is 4.21. The molecule has 1 aromatic rings. The minimum atomic E-state index is -0.726. The van der Waals surface area contributed by atoms with Crippen LogP contribution >= 0.6 is 23.2 Å². The Morgan fingerprint density at radius 1 is 1.57 bits per heavy atom. The van der Waals surface area contributed by atoms with Gasteiger partial charge in [-0.15, -0.1) is 12.3 Å². The number of hydrogen-bond donors (Lipinski definition) is 1. The Morgan fingerprint density at radius 2 is 2.29 bits per heavy atom. The maximum atomic E-state index is 9.64. The quantitative estimate of drug-likeness (QED) is 0.810. The van der Waals surface area contributed by atoms with Crippen molar-refractivity contribution < 1.29 is 5.11 Å². The Labute approximate surface area is 92.9 Å². The van der Waals surface area contributed by atoms with Crippen molar-refractivity contribution in [1.29, 1.82) is 0 Å². The van der Waals surface area contributed by atoms with Crippen LogP contribution in [0.25, 0.3) is 0 Å². The molecular weight excluding hydrogens is 221 g/mol. The number of terminal acetylenes is 1. The predicted molar refractivity (Wildman–Crippen MR) is 57.3 cm³/mol. The summed E-state index contributed by atoms with van der Waals surface area (Å²) in [6.07, 6.45) is 6.74. The van der Waals surface area contributed by atoms with Gasteiger partial charge in [-0.3, -0.25) is 4.98 Å². The van der Waals surface area contributed by atoms with Crippen LogP contribution in [0.3, 0.4) is 0 Å². The molecule has 0 aliphatic rings. The number of nitrogens with zero attached hydrogens (tertiary/aromatic N) is 1. The summed E-state index contributed by atoms with van der Waals surface area (Å²) >= 11 is 11.5. The minimum absolute atomic E-state index is 0.363. The van der Waals surface area contributed by atoms with Gasteiger partial charge >= 0.3 is 0 Å². The van der Waals surface area contributed by atoms with E-state index in [1.807, 2.05) is 0 Å². The van der Waals surface area contributed by atoms with Gasteiger partial charge in [0.05, 0.1) is 21.8 Å². The fourth-order valence-electron chi connectivity index (χ4n) is 1.03. The first-order valence-electron chi connectivity index (χ1n) is 4.07. The van der Waals surface area contributed by atoms with Crippen LogP contribution in [-0.4, -0.2) is 10.1 Å². The summed E-state index contributed by atoms with van der Waals surface area (Å²) < 4.78 is 0. The molecule has 74 valence electrons. The lowest BCUT2D eigenvalue weighted by Crippen LogP contribution is -2.00. The SMILES string of the molecule is C#CCCC(O)c1ncc(Cl)cc1Cl. The summed E-state index contributed by atoms with van der Waals surface area (Å²) in [5, 5.41) is 10.4. The van der Waals surface area contributed by atoms with E-state index in [0.717, 1.165) is 0 Å². The number of hydrogen-bond acceptors (Lipinski definition) is 2. The molecule has 0 aliphatic carbocycles. The van der Waals surface area contributed by atoms with Crippen LogP contribution < -0.4 is 0 Å². The van der Waals surface area contributed by atoms with Gasteiger partial charge in [-0.1, -0.05) is 23.2 Å². The standard InChI is InChI=1S/C10H9Cl2NO/c1-2-3-4-9(14)10-8(12)5-7(11)6-13-10/h1,5-6,9,14H,3-4H2. The third-order valence-corrected chi connectivity index (χ3v) is 2.22. The Bertz CT molecular complexity index is 360. The number of pyridine rings is 1. The molecule has 1 N–H and O–H groups in total. The van der Waals surface area contributed by atoms with E-state index in [2.05, 4.69) is 10.9 Å². The molecule has 0 amide bonds. The Morgan fingerprint density at radius 3 is 2.86 bits per heavy atom. The van der Waals surface area contributed by atoms with Crippen molar-refractivity contribution in [1.82, 2.24) is 4.98 Å². The van der Waals surface area contributed by atoms with Crippen molar-refractivity contribution in [2.75, 3.05) is 0 Å². The summed E-state index contributed by atoms with van der Waals surface area (Å²) in [6, 6.07) is 1.55. The lowest BCUT2D eigenvalue weighted by Gasteiger charge is -2.09. The van der Waals surface area contributed by atoms with E-state index in [-0.39, 0.29) is 0 Å². The van der Waals surface area contributed by atoms with E-state index >= 15 is 0 Å². The fourth-order valence-corrected chi connectivity index (χ4v) is 1.53. The van der Waals surface area contributed by atoms with Gasteiger partial charge in [0.15, 0.2) is 0 Å². The highest BCUT2D eigenvalue weighted by Crippen LogP contribution is 2.25. The van der Waals surface area contributed by atoms with E-state index in [1.165, 1.54) is 6.20 Å². The zero-order valence-corrected chi connectivity index (χ0v) is 8.89. The molecule has 0 aliphatic heterocycles. The summed E-state index contributed by atoms with van der Waals surface area (Å²) in [6.45, 7) is 0. The topological polar surface area (TPSA) is 33.1 Å². The Balaban J connectivity index is 2.80. The van der Waals surface area contributed by atoms with E-state index in [0.29, 0.717) is 28.6 Å². The van der Waals surface area contributed by atoms with Crippen LogP contribution in [0, 0.1) is 12.3 Å². The third kappa shape index (κ3) is 2.88. The monoisotopic (exact) mass is 229 g/mol. The molecule has 1 unspecified atom stereocenters. The molecule has 0 aromatic carbocycles. The highest BCUT2D eigenvalue weighted by Gasteiger charge is 2.12. The lowest BCUT2D eigenvalue weighted by atomic mass is 10.1. The average molecular weight is 230 g/mol. The van der Waals surface area contributed by atoms with Gasteiger partial charge in [0.2, 0.25) is 0 Å². The van der Waals surface area contributed by atoms with Crippen molar-refractivity contribution in [3.63, 3.8) is 0 Å². The van der Waals surface area contributed by atoms with Crippen LogP contribution in [0.15, 0.2) is 12.3 Å². The Hall–Kier alpha value is -0.750. The first-order chi connectivity index (χ1) is 6.65. The van der Waals surface area contributed by atoms with Crippen molar-refractivity contribution in [3.8, 4) is 12.3 Å². The zero-order valence-electron chi connectivity index (χ0n) is 7.37. The van der Waals surface area contributed by atoms with Gasteiger partial charge in [0.25, 0.3) is 0 Å². The van der Waals surface area contributed by atoms with Gasteiger partial charge in [-0.2, -0.15) is 0 Å². The maximum absolute atomic E-state index is 9.64. The largest absolute Gasteiger partial charge is 0.387 e. The predicted octanol–water partition coefficient (Wildman–Crippen LogP) is 2.84. The zero-order chi connectivity index (χ0) is 10.6.